The van der Waals surface area contributed by atoms with Gasteiger partial charge in [-0.2, -0.15) is 0 Å². The minimum absolute atomic E-state index is 0.317. The molecule has 2 aromatic heterocycles. The van der Waals surface area contributed by atoms with Crippen LogP contribution in [0.3, 0.4) is 0 Å². The minimum atomic E-state index is -0.715. The van der Waals surface area contributed by atoms with Gasteiger partial charge in [0, 0.05) is 18.5 Å². The Kier molecular flexibility index (Phi) is 7.41. The fourth-order valence-electron chi connectivity index (χ4n) is 3.42. The van der Waals surface area contributed by atoms with E-state index in [0.29, 0.717) is 35.0 Å². The van der Waals surface area contributed by atoms with Crippen LogP contribution in [-0.4, -0.2) is 47.2 Å². The van der Waals surface area contributed by atoms with Crippen LogP contribution >= 0.6 is 0 Å². The molecule has 0 aliphatic rings. The number of rotatable bonds is 10. The van der Waals surface area contributed by atoms with Gasteiger partial charge in [-0.15, -0.1) is 5.10 Å². The molecule has 1 unspecified atom stereocenters. The van der Waals surface area contributed by atoms with E-state index in [1.165, 1.54) is 6.20 Å². The summed E-state index contributed by atoms with van der Waals surface area (Å²) in [5, 5.41) is 14.8. The molecule has 4 aromatic rings. The van der Waals surface area contributed by atoms with Gasteiger partial charge in [0.25, 0.3) is 5.91 Å². The van der Waals surface area contributed by atoms with Crippen molar-refractivity contribution >= 4 is 11.6 Å². The van der Waals surface area contributed by atoms with Crippen molar-refractivity contribution in [2.75, 3.05) is 26.6 Å². The number of ether oxygens (including phenoxy) is 3. The molecule has 0 aliphatic carbocycles. The molecule has 2 heterocycles. The fraction of sp³-hybridized carbons (Fsp3) is 0.200. The van der Waals surface area contributed by atoms with Gasteiger partial charge < -0.3 is 24.8 Å². The van der Waals surface area contributed by atoms with Crippen LogP contribution in [-0.2, 0) is 6.54 Å². The number of amides is 1. The number of nitrogens with zero attached hydrogens (tertiary/aromatic N) is 4. The number of hydrogen-bond acceptors (Lipinski definition) is 8. The Morgan fingerprint density at radius 1 is 1.00 bits per heavy atom. The topological polar surface area (TPSA) is 112 Å². The molecule has 0 fully saturated rings. The molecule has 35 heavy (non-hydrogen) atoms. The molecule has 10 heteroatoms. The predicted molar refractivity (Wildman–Crippen MR) is 130 cm³/mol. The first-order valence-electron chi connectivity index (χ1n) is 10.8. The maximum atomic E-state index is 12.9. The van der Waals surface area contributed by atoms with Gasteiger partial charge in [0.05, 0.1) is 45.3 Å². The van der Waals surface area contributed by atoms with Crippen LogP contribution in [0.15, 0.2) is 73.2 Å². The number of aromatic nitrogens is 4. The maximum Gasteiger partial charge on any atom is 0.254 e. The summed E-state index contributed by atoms with van der Waals surface area (Å²) in [6.07, 6.45) is 4.17. The third kappa shape index (κ3) is 5.85. The zero-order valence-electron chi connectivity index (χ0n) is 19.6. The summed E-state index contributed by atoms with van der Waals surface area (Å²) in [6.45, 7) is 0.503. The van der Waals surface area contributed by atoms with Gasteiger partial charge in [-0.25, -0.2) is 4.68 Å². The largest absolute Gasteiger partial charge is 0.497 e. The summed E-state index contributed by atoms with van der Waals surface area (Å²) in [6, 6.07) is 16.4. The van der Waals surface area contributed by atoms with Crippen molar-refractivity contribution < 1.29 is 19.0 Å². The third-order valence-electron chi connectivity index (χ3n) is 5.26. The quantitative estimate of drug-likeness (QED) is 0.337. The number of anilines is 1. The second-order valence-electron chi connectivity index (χ2n) is 7.55. The van der Waals surface area contributed by atoms with Crippen LogP contribution in [0.4, 0.5) is 5.69 Å². The second kappa shape index (κ2) is 11.0. The third-order valence-corrected chi connectivity index (χ3v) is 5.26. The summed E-state index contributed by atoms with van der Waals surface area (Å²) >= 11 is 0. The SMILES string of the molecule is COc1ccc(Cn2cc(C(NC(=O)c3cccnc3)Nc3cc(OC)ccc3OC)nn2)cc1. The van der Waals surface area contributed by atoms with E-state index in [4.69, 9.17) is 14.2 Å². The Labute approximate surface area is 202 Å². The lowest BCUT2D eigenvalue weighted by Crippen LogP contribution is -2.34. The Balaban J connectivity index is 1.61. The summed E-state index contributed by atoms with van der Waals surface area (Å²) < 4.78 is 17.7. The zero-order chi connectivity index (χ0) is 24.6. The van der Waals surface area contributed by atoms with Gasteiger partial charge in [-0.05, 0) is 42.0 Å². The molecule has 0 bridgehead atoms. The molecule has 1 atom stereocenters. The molecule has 0 radical (unpaired) electrons. The average molecular weight is 475 g/mol. The molecule has 1 amide bonds. The van der Waals surface area contributed by atoms with Crippen molar-refractivity contribution in [1.29, 1.82) is 0 Å². The smallest absolute Gasteiger partial charge is 0.254 e. The summed E-state index contributed by atoms with van der Waals surface area (Å²) in [5.41, 5.74) is 2.58. The lowest BCUT2D eigenvalue weighted by atomic mass is 10.2. The Hall–Kier alpha value is -4.60. The molecule has 10 nitrogen and oxygen atoms in total. The molecule has 0 aliphatic heterocycles. The van der Waals surface area contributed by atoms with Gasteiger partial charge in [-0.1, -0.05) is 17.3 Å². The van der Waals surface area contributed by atoms with Crippen molar-refractivity contribution in [3.63, 3.8) is 0 Å². The van der Waals surface area contributed by atoms with E-state index < -0.39 is 6.17 Å². The first-order valence-corrected chi connectivity index (χ1v) is 10.8. The lowest BCUT2D eigenvalue weighted by molar-refractivity contribution is 0.0940. The minimum Gasteiger partial charge on any atom is -0.497 e. The van der Waals surface area contributed by atoms with Crippen LogP contribution in [0.1, 0.15) is 27.8 Å². The predicted octanol–water partition coefficient (Wildman–Crippen LogP) is 3.29. The van der Waals surface area contributed by atoms with Crippen molar-refractivity contribution in [3.05, 3.63) is 90.0 Å². The summed E-state index contributed by atoms with van der Waals surface area (Å²) in [4.78, 5) is 17.0. The molecule has 4 rings (SSSR count). The molecule has 0 saturated carbocycles. The average Bonchev–Trinajstić information content (AvgIpc) is 3.37. The number of nitrogens with one attached hydrogen (secondary N) is 2. The van der Waals surface area contributed by atoms with E-state index in [-0.39, 0.29) is 5.91 Å². The number of benzene rings is 2. The lowest BCUT2D eigenvalue weighted by Gasteiger charge is -2.21. The van der Waals surface area contributed by atoms with Crippen molar-refractivity contribution in [2.45, 2.75) is 12.7 Å². The van der Waals surface area contributed by atoms with Crippen LogP contribution in [0.2, 0.25) is 0 Å². The maximum absolute atomic E-state index is 12.9. The van der Waals surface area contributed by atoms with E-state index in [2.05, 4.69) is 25.9 Å². The van der Waals surface area contributed by atoms with Crippen LogP contribution < -0.4 is 24.8 Å². The van der Waals surface area contributed by atoms with Crippen molar-refractivity contribution in [2.24, 2.45) is 0 Å². The Bertz CT molecular complexity index is 1260. The van der Waals surface area contributed by atoms with Crippen molar-refractivity contribution in [1.82, 2.24) is 25.3 Å². The van der Waals surface area contributed by atoms with Gasteiger partial charge >= 0.3 is 0 Å². The number of methoxy groups -OCH3 is 3. The van der Waals surface area contributed by atoms with Crippen LogP contribution in [0.25, 0.3) is 0 Å². The van der Waals surface area contributed by atoms with E-state index in [9.17, 15) is 4.79 Å². The van der Waals surface area contributed by atoms with Gasteiger partial charge in [0.15, 0.2) is 0 Å². The van der Waals surface area contributed by atoms with E-state index in [1.807, 2.05) is 24.3 Å². The second-order valence-corrected chi connectivity index (χ2v) is 7.55. The monoisotopic (exact) mass is 474 g/mol. The molecule has 180 valence electrons. The van der Waals surface area contributed by atoms with Gasteiger partial charge in [0.2, 0.25) is 0 Å². The van der Waals surface area contributed by atoms with Gasteiger partial charge in [0.1, 0.15) is 29.1 Å². The summed E-state index contributed by atoms with van der Waals surface area (Å²) in [7, 11) is 4.78. The van der Waals surface area contributed by atoms with E-state index in [0.717, 1.165) is 11.3 Å². The summed E-state index contributed by atoms with van der Waals surface area (Å²) in [5.74, 6) is 1.68. The zero-order valence-corrected chi connectivity index (χ0v) is 19.6. The van der Waals surface area contributed by atoms with E-state index >= 15 is 0 Å². The van der Waals surface area contributed by atoms with E-state index in [1.54, 1.807) is 68.7 Å². The van der Waals surface area contributed by atoms with Gasteiger partial charge in [-0.3, -0.25) is 9.78 Å². The molecule has 2 aromatic carbocycles. The first kappa shape index (κ1) is 23.6. The number of carbonyl (C=O) groups is 1. The van der Waals surface area contributed by atoms with Crippen LogP contribution in [0.5, 0.6) is 17.2 Å². The number of pyridine rings is 1. The normalized spacial score (nSPS) is 11.4. The Morgan fingerprint density at radius 3 is 2.46 bits per heavy atom. The molecule has 0 spiro atoms. The number of carbonyl (C=O) groups excluding carboxylic acids is 1. The molecule has 2 N–H and O–H groups in total. The highest BCUT2D eigenvalue weighted by atomic mass is 16.5. The highest BCUT2D eigenvalue weighted by molar-refractivity contribution is 5.94. The fourth-order valence-corrected chi connectivity index (χ4v) is 3.42. The Morgan fingerprint density at radius 2 is 1.77 bits per heavy atom. The van der Waals surface area contributed by atoms with Crippen molar-refractivity contribution in [3.8, 4) is 17.2 Å². The highest BCUT2D eigenvalue weighted by Crippen LogP contribution is 2.31. The first-order chi connectivity index (χ1) is 17.1. The molecular formula is C25H26N6O4. The molecule has 0 saturated heterocycles. The van der Waals surface area contributed by atoms with Crippen LogP contribution in [0, 0.1) is 0 Å². The standard InChI is InChI=1S/C25H26N6O4/c1-33-19-8-6-17(7-9-19)15-31-16-22(29-30-31)24(28-25(32)18-5-4-12-26-14-18)27-21-13-20(34-2)10-11-23(21)35-3/h4-14,16,24,27H,15H2,1-3H3,(H,28,32). The highest BCUT2D eigenvalue weighted by Gasteiger charge is 2.21. The number of hydrogen-bond donors (Lipinski definition) is 2. The molecular weight excluding hydrogens is 448 g/mol.